The van der Waals surface area contributed by atoms with E-state index in [1.165, 1.54) is 0 Å². The van der Waals surface area contributed by atoms with Crippen molar-refractivity contribution in [2.45, 2.75) is 46.6 Å². The Balaban J connectivity index is 2.12. The van der Waals surface area contributed by atoms with E-state index in [1.807, 2.05) is 36.5 Å². The Bertz CT molecular complexity index is 553. The van der Waals surface area contributed by atoms with Crippen LogP contribution < -0.4 is 4.74 Å². The zero-order valence-electron chi connectivity index (χ0n) is 14.3. The lowest BCUT2D eigenvalue weighted by atomic mass is 9.76. The van der Waals surface area contributed by atoms with Gasteiger partial charge in [0.25, 0.3) is 0 Å². The van der Waals surface area contributed by atoms with Gasteiger partial charge in [0.1, 0.15) is 5.75 Å². The molecular formula is C19H27NO2. The molecule has 0 amide bonds. The number of carbonyl (C=O) groups excluding carboxylic acids is 1. The molecule has 1 aliphatic rings. The Morgan fingerprint density at radius 3 is 2.45 bits per heavy atom. The predicted molar refractivity (Wildman–Crippen MR) is 89.9 cm³/mol. The summed E-state index contributed by atoms with van der Waals surface area (Å²) >= 11 is 0. The Kier molecular flexibility index (Phi) is 4.64. The van der Waals surface area contributed by atoms with Crippen molar-refractivity contribution in [3.63, 3.8) is 0 Å². The molecule has 2 rings (SSSR count). The maximum Gasteiger partial charge on any atom is 0.198 e. The van der Waals surface area contributed by atoms with E-state index < -0.39 is 0 Å². The van der Waals surface area contributed by atoms with Gasteiger partial charge in [-0.25, -0.2) is 0 Å². The molecule has 22 heavy (non-hydrogen) atoms. The van der Waals surface area contributed by atoms with Crippen molar-refractivity contribution in [3.05, 3.63) is 42.1 Å². The van der Waals surface area contributed by atoms with Gasteiger partial charge in [0.05, 0.1) is 0 Å². The van der Waals surface area contributed by atoms with Gasteiger partial charge in [0.15, 0.2) is 12.4 Å². The second-order valence-electron chi connectivity index (χ2n) is 7.57. The van der Waals surface area contributed by atoms with Gasteiger partial charge in [-0.15, -0.1) is 0 Å². The van der Waals surface area contributed by atoms with Crippen LogP contribution in [-0.2, 0) is 4.79 Å². The van der Waals surface area contributed by atoms with Crippen LogP contribution in [0, 0.1) is 5.41 Å². The molecule has 0 saturated carbocycles. The summed E-state index contributed by atoms with van der Waals surface area (Å²) in [6.45, 7) is 11.9. The fourth-order valence-corrected chi connectivity index (χ4v) is 2.65. The quantitative estimate of drug-likeness (QED) is 0.840. The summed E-state index contributed by atoms with van der Waals surface area (Å²) in [6, 6.07) is 9.49. The van der Waals surface area contributed by atoms with Gasteiger partial charge in [0, 0.05) is 23.9 Å². The molecule has 1 aromatic rings. The third kappa shape index (κ3) is 3.90. The number of carbonyl (C=O) groups is 1. The van der Waals surface area contributed by atoms with Gasteiger partial charge in [0.2, 0.25) is 0 Å². The number of benzene rings is 1. The van der Waals surface area contributed by atoms with Crippen molar-refractivity contribution in [2.75, 3.05) is 13.2 Å². The van der Waals surface area contributed by atoms with Crippen LogP contribution in [-0.4, -0.2) is 29.4 Å². The minimum absolute atomic E-state index is 0.0301. The minimum atomic E-state index is -0.0983. The molecule has 120 valence electrons. The lowest BCUT2D eigenvalue weighted by Gasteiger charge is -2.43. The third-order valence-electron chi connectivity index (χ3n) is 4.27. The van der Waals surface area contributed by atoms with E-state index in [0.29, 0.717) is 0 Å². The van der Waals surface area contributed by atoms with Crippen LogP contribution in [0.3, 0.4) is 0 Å². The lowest BCUT2D eigenvalue weighted by molar-refractivity contribution is -0.118. The number of hydrogen-bond donors (Lipinski definition) is 0. The standard InChI is InChI=1S/C19H27NO2/c1-18(2,3)20-12-11-19(4,5)16(13-20)17(21)14-22-15-9-7-6-8-10-15/h6-10,13H,11-12,14H2,1-5H3. The molecule has 0 fully saturated rings. The second kappa shape index (κ2) is 6.15. The first-order chi connectivity index (χ1) is 10.2. The van der Waals surface area contributed by atoms with Crippen LogP contribution in [0.4, 0.5) is 0 Å². The third-order valence-corrected chi connectivity index (χ3v) is 4.27. The number of ether oxygens (including phenoxy) is 1. The number of ketones is 1. The van der Waals surface area contributed by atoms with Crippen LogP contribution in [0.15, 0.2) is 42.1 Å². The maximum absolute atomic E-state index is 12.6. The van der Waals surface area contributed by atoms with Crippen LogP contribution in [0.25, 0.3) is 0 Å². The smallest absolute Gasteiger partial charge is 0.198 e. The molecule has 0 N–H and O–H groups in total. The number of nitrogens with zero attached hydrogens (tertiary/aromatic N) is 1. The number of Topliss-reactive ketones (excluding diaryl/α,β-unsaturated/α-hetero) is 1. The molecule has 1 aliphatic heterocycles. The average Bonchev–Trinajstić information content (AvgIpc) is 2.44. The van der Waals surface area contributed by atoms with Crippen molar-refractivity contribution >= 4 is 5.78 Å². The lowest BCUT2D eigenvalue weighted by Crippen LogP contribution is -2.44. The summed E-state index contributed by atoms with van der Waals surface area (Å²) in [5, 5.41) is 0. The maximum atomic E-state index is 12.6. The Morgan fingerprint density at radius 1 is 1.23 bits per heavy atom. The zero-order chi connectivity index (χ0) is 16.4. The van der Waals surface area contributed by atoms with Crippen molar-refractivity contribution < 1.29 is 9.53 Å². The normalized spacial score (nSPS) is 17.9. The van der Waals surface area contributed by atoms with E-state index in [1.54, 1.807) is 0 Å². The highest BCUT2D eigenvalue weighted by atomic mass is 16.5. The molecule has 1 heterocycles. The molecule has 0 unspecified atom stereocenters. The van der Waals surface area contributed by atoms with Crippen molar-refractivity contribution in [3.8, 4) is 5.75 Å². The highest BCUT2D eigenvalue weighted by molar-refractivity contribution is 5.97. The fraction of sp³-hybridized carbons (Fsp3) is 0.526. The topological polar surface area (TPSA) is 29.5 Å². The molecule has 0 bridgehead atoms. The molecule has 1 aromatic carbocycles. The van der Waals surface area contributed by atoms with Gasteiger partial charge in [-0.3, -0.25) is 4.79 Å². The molecule has 0 aromatic heterocycles. The van der Waals surface area contributed by atoms with Crippen molar-refractivity contribution in [1.29, 1.82) is 0 Å². The van der Waals surface area contributed by atoms with Crippen LogP contribution in [0.1, 0.15) is 41.0 Å². The summed E-state index contributed by atoms with van der Waals surface area (Å²) in [7, 11) is 0. The van der Waals surface area contributed by atoms with Gasteiger partial charge < -0.3 is 9.64 Å². The first-order valence-electron chi connectivity index (χ1n) is 7.90. The molecular weight excluding hydrogens is 274 g/mol. The predicted octanol–water partition coefficient (Wildman–Crippen LogP) is 4.05. The number of hydrogen-bond acceptors (Lipinski definition) is 3. The van der Waals surface area contributed by atoms with Crippen molar-refractivity contribution in [2.24, 2.45) is 5.41 Å². The summed E-state index contributed by atoms with van der Waals surface area (Å²) in [5.41, 5.74) is 0.797. The molecule has 0 radical (unpaired) electrons. The minimum Gasteiger partial charge on any atom is -0.485 e. The Labute approximate surface area is 134 Å². The SMILES string of the molecule is CC1(C)CCN(C(C)(C)C)C=C1C(=O)COc1ccccc1. The molecule has 0 atom stereocenters. The van der Waals surface area contributed by atoms with Crippen molar-refractivity contribution in [1.82, 2.24) is 4.90 Å². The van der Waals surface area contributed by atoms with E-state index in [0.717, 1.165) is 24.3 Å². The first-order valence-corrected chi connectivity index (χ1v) is 7.90. The number of rotatable bonds is 4. The van der Waals surface area contributed by atoms with Gasteiger partial charge in [-0.05, 0) is 44.7 Å². The first kappa shape index (κ1) is 16.6. The summed E-state index contributed by atoms with van der Waals surface area (Å²) < 4.78 is 5.63. The van der Waals surface area contributed by atoms with Crippen LogP contribution in [0.5, 0.6) is 5.75 Å². The van der Waals surface area contributed by atoms with Gasteiger partial charge >= 0.3 is 0 Å². The van der Waals surface area contributed by atoms with E-state index in [-0.39, 0.29) is 23.3 Å². The van der Waals surface area contributed by atoms with Crippen LogP contribution in [0.2, 0.25) is 0 Å². The van der Waals surface area contributed by atoms with E-state index in [4.69, 9.17) is 4.74 Å². The van der Waals surface area contributed by atoms with Gasteiger partial charge in [-0.2, -0.15) is 0 Å². The van der Waals surface area contributed by atoms with Crippen LogP contribution >= 0.6 is 0 Å². The fourth-order valence-electron chi connectivity index (χ4n) is 2.65. The Morgan fingerprint density at radius 2 is 1.86 bits per heavy atom. The molecule has 0 aliphatic carbocycles. The Hall–Kier alpha value is -1.77. The monoisotopic (exact) mass is 301 g/mol. The summed E-state index contributed by atoms with van der Waals surface area (Å²) in [6.07, 6.45) is 3.02. The summed E-state index contributed by atoms with van der Waals surface area (Å²) in [5.74, 6) is 0.806. The molecule has 3 nitrogen and oxygen atoms in total. The summed E-state index contributed by atoms with van der Waals surface area (Å²) in [4.78, 5) is 14.9. The largest absolute Gasteiger partial charge is 0.485 e. The molecule has 0 spiro atoms. The van der Waals surface area contributed by atoms with Gasteiger partial charge in [-0.1, -0.05) is 32.0 Å². The average molecular weight is 301 g/mol. The molecule has 0 saturated heterocycles. The van der Waals surface area contributed by atoms with E-state index in [9.17, 15) is 4.79 Å². The zero-order valence-corrected chi connectivity index (χ0v) is 14.3. The highest BCUT2D eigenvalue weighted by Gasteiger charge is 2.35. The molecule has 3 heteroatoms. The van der Waals surface area contributed by atoms with E-state index in [2.05, 4.69) is 39.5 Å². The van der Waals surface area contributed by atoms with E-state index >= 15 is 0 Å². The number of para-hydroxylation sites is 1. The highest BCUT2D eigenvalue weighted by Crippen LogP contribution is 2.37. The second-order valence-corrected chi connectivity index (χ2v) is 7.57.